The Balaban J connectivity index is 1.71. The number of hydrogen-bond donors (Lipinski definition) is 0. The molecule has 0 N–H and O–H groups in total. The molecule has 0 radical (unpaired) electrons. The summed E-state index contributed by atoms with van der Waals surface area (Å²) in [5.74, 6) is 1.06. The van der Waals surface area contributed by atoms with Gasteiger partial charge in [-0.25, -0.2) is 0 Å². The second-order valence-electron chi connectivity index (χ2n) is 7.85. The van der Waals surface area contributed by atoms with Gasteiger partial charge in [-0.2, -0.15) is 5.26 Å². The first-order valence-corrected chi connectivity index (χ1v) is 11.3. The molecule has 0 aliphatic carbocycles. The highest BCUT2D eigenvalue weighted by Crippen LogP contribution is 2.70. The van der Waals surface area contributed by atoms with E-state index < -0.39 is 21.2 Å². The van der Waals surface area contributed by atoms with Crippen LogP contribution in [0.15, 0.2) is 18.2 Å². The van der Waals surface area contributed by atoms with Crippen LogP contribution in [0.2, 0.25) is 0 Å². The van der Waals surface area contributed by atoms with Crippen LogP contribution in [0.5, 0.6) is 11.5 Å². The summed E-state index contributed by atoms with van der Waals surface area (Å²) in [5, 5.41) is 10.1. The number of piperazine rings is 1. The maximum atomic E-state index is 13.7. The van der Waals surface area contributed by atoms with Gasteiger partial charge in [0.15, 0.2) is 21.2 Å². The SMILES string of the molecule is CC[C@@]12SSC3(C[C@](C)(C#N)[C@H](c4ccc5c(c4)OCO5)N3C1=O)C(=O)N2C. The van der Waals surface area contributed by atoms with Crippen LogP contribution in [-0.2, 0) is 9.59 Å². The molecule has 2 amide bonds. The van der Waals surface area contributed by atoms with Crippen LogP contribution in [0.4, 0.5) is 0 Å². The lowest BCUT2D eigenvalue weighted by atomic mass is 9.79. The zero-order chi connectivity index (χ0) is 19.9. The molecule has 146 valence electrons. The van der Waals surface area contributed by atoms with Crippen LogP contribution in [0.3, 0.4) is 0 Å². The Morgan fingerprint density at radius 3 is 2.71 bits per heavy atom. The number of hydrogen-bond acceptors (Lipinski definition) is 7. The van der Waals surface area contributed by atoms with Crippen molar-refractivity contribution in [1.29, 1.82) is 5.26 Å². The third kappa shape index (κ3) is 1.88. The molecular formula is C19H19N3O4S2. The summed E-state index contributed by atoms with van der Waals surface area (Å²) in [6.45, 7) is 3.91. The second-order valence-corrected chi connectivity index (χ2v) is 10.5. The normalized spacial score (nSPS) is 38.0. The number of nitrogens with zero attached hydrogens (tertiary/aromatic N) is 3. The minimum atomic E-state index is -1.06. The van der Waals surface area contributed by atoms with Crippen molar-refractivity contribution in [2.75, 3.05) is 13.8 Å². The van der Waals surface area contributed by atoms with Crippen LogP contribution in [0, 0.1) is 16.7 Å². The van der Waals surface area contributed by atoms with E-state index >= 15 is 0 Å². The first-order valence-electron chi connectivity index (χ1n) is 9.13. The fourth-order valence-corrected chi connectivity index (χ4v) is 8.83. The first kappa shape index (κ1) is 18.0. The van der Waals surface area contributed by atoms with Crippen molar-refractivity contribution in [3.8, 4) is 17.6 Å². The van der Waals surface area contributed by atoms with Crippen molar-refractivity contribution in [3.05, 3.63) is 23.8 Å². The summed E-state index contributed by atoms with van der Waals surface area (Å²) in [4.78, 5) is 28.4. The molecule has 0 saturated carbocycles. The summed E-state index contributed by atoms with van der Waals surface area (Å²) in [6.07, 6.45) is 0.803. The molecule has 1 spiro atoms. The van der Waals surface area contributed by atoms with Crippen LogP contribution < -0.4 is 9.47 Å². The highest BCUT2D eigenvalue weighted by molar-refractivity contribution is 8.78. The average molecular weight is 418 g/mol. The van der Waals surface area contributed by atoms with Gasteiger partial charge >= 0.3 is 0 Å². The molecule has 1 aromatic carbocycles. The van der Waals surface area contributed by atoms with Crippen molar-refractivity contribution >= 4 is 33.4 Å². The molecule has 5 heterocycles. The molecule has 4 saturated heterocycles. The number of fused-ring (bicyclic) bond motifs is 3. The van der Waals surface area contributed by atoms with Crippen molar-refractivity contribution in [2.45, 2.75) is 42.5 Å². The van der Waals surface area contributed by atoms with E-state index in [-0.39, 0.29) is 18.6 Å². The molecule has 9 heteroatoms. The van der Waals surface area contributed by atoms with Crippen molar-refractivity contribution < 1.29 is 19.1 Å². The summed E-state index contributed by atoms with van der Waals surface area (Å²) >= 11 is 0. The lowest BCUT2D eigenvalue weighted by molar-refractivity contribution is -0.165. The highest BCUT2D eigenvalue weighted by atomic mass is 33.1. The van der Waals surface area contributed by atoms with Gasteiger partial charge in [0.2, 0.25) is 6.79 Å². The fourth-order valence-electron chi connectivity index (χ4n) is 4.87. The van der Waals surface area contributed by atoms with Gasteiger partial charge in [0.05, 0.1) is 17.5 Å². The van der Waals surface area contributed by atoms with Crippen LogP contribution in [0.1, 0.15) is 38.3 Å². The molecule has 5 aliphatic rings. The topological polar surface area (TPSA) is 82.9 Å². The Bertz CT molecular complexity index is 965. The maximum absolute atomic E-state index is 13.7. The number of nitriles is 1. The van der Waals surface area contributed by atoms with Gasteiger partial charge in [-0.1, -0.05) is 34.6 Å². The predicted molar refractivity (Wildman–Crippen MR) is 104 cm³/mol. The molecule has 2 bridgehead atoms. The number of amides is 2. The van der Waals surface area contributed by atoms with E-state index in [0.717, 1.165) is 5.56 Å². The Morgan fingerprint density at radius 1 is 1.25 bits per heavy atom. The van der Waals surface area contributed by atoms with E-state index in [0.29, 0.717) is 24.3 Å². The number of likely N-dealkylation sites (N-methyl/N-ethyl adjacent to an activating group) is 1. The summed E-state index contributed by atoms with van der Waals surface area (Å²) < 4.78 is 10.9. The minimum absolute atomic E-state index is 0.0949. The molecule has 7 nitrogen and oxygen atoms in total. The zero-order valence-electron chi connectivity index (χ0n) is 15.7. The van der Waals surface area contributed by atoms with E-state index in [1.165, 1.54) is 21.6 Å². The molecule has 4 fully saturated rings. The second kappa shape index (κ2) is 5.51. The molecule has 1 unspecified atom stereocenters. The number of rotatable bonds is 2. The Kier molecular flexibility index (Phi) is 3.55. The fraction of sp³-hybridized carbons (Fsp3) is 0.526. The third-order valence-corrected chi connectivity index (χ3v) is 10.1. The predicted octanol–water partition coefficient (Wildman–Crippen LogP) is 2.89. The number of ether oxygens (including phenoxy) is 2. The summed E-state index contributed by atoms with van der Waals surface area (Å²) in [5.41, 5.74) is -0.111. The van der Waals surface area contributed by atoms with Crippen LogP contribution >= 0.6 is 21.6 Å². The Morgan fingerprint density at radius 2 is 2.00 bits per heavy atom. The van der Waals surface area contributed by atoms with E-state index in [9.17, 15) is 14.9 Å². The monoisotopic (exact) mass is 417 g/mol. The van der Waals surface area contributed by atoms with Gasteiger partial charge in [-0.15, -0.1) is 0 Å². The summed E-state index contributed by atoms with van der Waals surface area (Å²) in [7, 11) is 4.59. The minimum Gasteiger partial charge on any atom is -0.454 e. The number of carbonyl (C=O) groups is 2. The zero-order valence-corrected chi connectivity index (χ0v) is 17.4. The van der Waals surface area contributed by atoms with E-state index in [1.54, 1.807) is 22.9 Å². The number of benzene rings is 1. The molecule has 28 heavy (non-hydrogen) atoms. The van der Waals surface area contributed by atoms with Gasteiger partial charge in [-0.05, 0) is 31.0 Å². The lowest BCUT2D eigenvalue weighted by Crippen LogP contribution is -2.74. The van der Waals surface area contributed by atoms with Crippen molar-refractivity contribution in [2.24, 2.45) is 5.41 Å². The quantitative estimate of drug-likeness (QED) is 0.684. The lowest BCUT2D eigenvalue weighted by Gasteiger charge is -2.58. The molecule has 4 atom stereocenters. The molecule has 6 rings (SSSR count). The standard InChI is InChI=1S/C19H19N3O4S2/c1-4-18-16(24)22-14(11-5-6-12-13(7-11)26-10-25-12)17(2,9-20)8-19(22,28-27-18)15(23)21(18)3/h5-7,14H,4,8,10H2,1-3H3/t14-,17+,18+,19?/m0/s1. The van der Waals surface area contributed by atoms with Gasteiger partial charge < -0.3 is 19.3 Å². The third-order valence-electron chi connectivity index (χ3n) is 6.36. The maximum Gasteiger partial charge on any atom is 0.262 e. The molecule has 1 aromatic rings. The van der Waals surface area contributed by atoms with Gasteiger partial charge in [0.25, 0.3) is 11.8 Å². The van der Waals surface area contributed by atoms with Gasteiger partial charge in [-0.3, -0.25) is 9.59 Å². The molecular weight excluding hydrogens is 398 g/mol. The van der Waals surface area contributed by atoms with E-state index in [2.05, 4.69) is 6.07 Å². The van der Waals surface area contributed by atoms with Crippen LogP contribution in [-0.4, -0.2) is 45.2 Å². The first-order chi connectivity index (χ1) is 13.3. The molecule has 5 aliphatic heterocycles. The number of carbonyl (C=O) groups excluding carboxylic acids is 2. The van der Waals surface area contributed by atoms with E-state index in [1.807, 2.05) is 26.0 Å². The summed E-state index contributed by atoms with van der Waals surface area (Å²) in [6, 6.07) is 7.39. The van der Waals surface area contributed by atoms with Gasteiger partial charge in [0.1, 0.15) is 0 Å². The highest BCUT2D eigenvalue weighted by Gasteiger charge is 2.75. The van der Waals surface area contributed by atoms with Crippen molar-refractivity contribution in [1.82, 2.24) is 9.80 Å². The largest absolute Gasteiger partial charge is 0.454 e. The average Bonchev–Trinajstić information content (AvgIpc) is 3.27. The van der Waals surface area contributed by atoms with Crippen molar-refractivity contribution in [3.63, 3.8) is 0 Å². The Labute approximate surface area is 170 Å². The van der Waals surface area contributed by atoms with Crippen LogP contribution in [0.25, 0.3) is 0 Å². The Hall–Kier alpha value is -2.05. The smallest absolute Gasteiger partial charge is 0.262 e. The van der Waals surface area contributed by atoms with E-state index in [4.69, 9.17) is 9.47 Å². The molecule has 0 aromatic heterocycles. The van der Waals surface area contributed by atoms with Gasteiger partial charge in [0, 0.05) is 13.5 Å².